The topological polar surface area (TPSA) is 167 Å². The molecule has 12 heavy (non-hydrogen) atoms. The number of aliphatic hydroxyl groups excluding tert-OH is 1. The summed E-state index contributed by atoms with van der Waals surface area (Å²) in [6.07, 6.45) is 0. The van der Waals surface area contributed by atoms with E-state index in [9.17, 15) is 9.36 Å². The molecular formula is C3H11O8P. The van der Waals surface area contributed by atoms with Crippen LogP contribution in [0.15, 0.2) is 0 Å². The summed E-state index contributed by atoms with van der Waals surface area (Å²) in [7, 11) is -4.56. The summed E-state index contributed by atoms with van der Waals surface area (Å²) >= 11 is 0. The van der Waals surface area contributed by atoms with Gasteiger partial charge in [-0.3, -0.25) is 9.32 Å². The zero-order valence-electron chi connectivity index (χ0n) is 5.93. The first-order valence-electron chi connectivity index (χ1n) is 2.28. The lowest BCUT2D eigenvalue weighted by Gasteiger charge is -2.01. The van der Waals surface area contributed by atoms with E-state index in [0.717, 1.165) is 0 Å². The van der Waals surface area contributed by atoms with Gasteiger partial charge in [-0.25, -0.2) is 4.57 Å². The first-order valence-corrected chi connectivity index (χ1v) is 3.81. The molecule has 0 saturated heterocycles. The van der Waals surface area contributed by atoms with Gasteiger partial charge in [0.15, 0.2) is 5.78 Å². The summed E-state index contributed by atoms with van der Waals surface area (Å²) in [5, 5.41) is 8.05. The van der Waals surface area contributed by atoms with Crippen LogP contribution >= 0.6 is 7.82 Å². The molecule has 0 atom stereocenters. The maximum Gasteiger partial charge on any atom is 0.470 e. The van der Waals surface area contributed by atoms with Crippen molar-refractivity contribution in [3.63, 3.8) is 0 Å². The van der Waals surface area contributed by atoms with E-state index in [-0.39, 0.29) is 11.0 Å². The highest BCUT2D eigenvalue weighted by Crippen LogP contribution is 2.35. The molecule has 0 aromatic carbocycles. The molecule has 0 unspecified atom stereocenters. The summed E-state index contributed by atoms with van der Waals surface area (Å²) in [4.78, 5) is 26.2. The van der Waals surface area contributed by atoms with E-state index in [1.807, 2.05) is 0 Å². The van der Waals surface area contributed by atoms with E-state index >= 15 is 0 Å². The molecule has 0 aromatic rings. The minimum Gasteiger partial charge on any atom is -0.412 e. The Morgan fingerprint density at radius 1 is 1.33 bits per heavy atom. The third kappa shape index (κ3) is 12.3. The third-order valence-corrected chi connectivity index (χ3v) is 1.04. The van der Waals surface area contributed by atoms with Crippen molar-refractivity contribution in [2.75, 3.05) is 13.2 Å². The van der Waals surface area contributed by atoms with Crippen molar-refractivity contribution in [1.82, 2.24) is 0 Å². The normalized spacial score (nSPS) is 9.58. The van der Waals surface area contributed by atoms with Gasteiger partial charge in [0.2, 0.25) is 0 Å². The summed E-state index contributed by atoms with van der Waals surface area (Å²) in [6, 6.07) is 0. The lowest BCUT2D eigenvalue weighted by atomic mass is 10.5. The number of phosphoric ester groups is 1. The second-order valence-electron chi connectivity index (χ2n) is 1.46. The smallest absolute Gasteiger partial charge is 0.412 e. The van der Waals surface area contributed by atoms with E-state index in [2.05, 4.69) is 4.52 Å². The number of phosphoric acid groups is 1. The molecule has 0 radical (unpaired) electrons. The monoisotopic (exact) mass is 206 g/mol. The quantitative estimate of drug-likeness (QED) is 0.414. The molecule has 8 nitrogen and oxygen atoms in total. The fraction of sp³-hybridized carbons (Fsp3) is 0.667. The standard InChI is InChI=1S/C3H7O6P.2H2O/c4-1-3(5)2-9-10(6,7)8;;/h4H,1-2H2,(H2,6,7,8);2*1H2. The Bertz CT molecular complexity index is 160. The van der Waals surface area contributed by atoms with Gasteiger partial charge in [-0.05, 0) is 0 Å². The maximum atomic E-state index is 10.1. The van der Waals surface area contributed by atoms with Crippen molar-refractivity contribution in [3.05, 3.63) is 0 Å². The summed E-state index contributed by atoms with van der Waals surface area (Å²) in [6.45, 7) is -1.54. The average Bonchev–Trinajstić information content (AvgIpc) is 1.81. The molecular weight excluding hydrogens is 195 g/mol. The van der Waals surface area contributed by atoms with E-state index in [1.165, 1.54) is 0 Å². The van der Waals surface area contributed by atoms with Gasteiger partial charge in [0, 0.05) is 0 Å². The molecule has 0 aliphatic carbocycles. The molecule has 9 heteroatoms. The lowest BCUT2D eigenvalue weighted by Crippen LogP contribution is -2.11. The van der Waals surface area contributed by atoms with Crippen LogP contribution in [0.5, 0.6) is 0 Å². The molecule has 0 aliphatic heterocycles. The number of carbonyl (C=O) groups is 1. The van der Waals surface area contributed by atoms with Crippen LogP contribution in [0.4, 0.5) is 0 Å². The number of ketones is 1. The Kier molecular flexibility index (Phi) is 10.8. The Morgan fingerprint density at radius 3 is 2.00 bits per heavy atom. The highest BCUT2D eigenvalue weighted by Gasteiger charge is 2.15. The van der Waals surface area contributed by atoms with Crippen LogP contribution in [0.25, 0.3) is 0 Å². The van der Waals surface area contributed by atoms with Crippen molar-refractivity contribution in [2.24, 2.45) is 0 Å². The SMILES string of the molecule is O.O.O=C(CO)COP(=O)(O)O. The van der Waals surface area contributed by atoms with Crippen LogP contribution in [0.3, 0.4) is 0 Å². The number of rotatable bonds is 4. The van der Waals surface area contributed by atoms with Crippen LogP contribution in [-0.2, 0) is 13.9 Å². The van der Waals surface area contributed by atoms with E-state index in [1.54, 1.807) is 0 Å². The van der Waals surface area contributed by atoms with Crippen molar-refractivity contribution in [2.45, 2.75) is 0 Å². The molecule has 0 bridgehead atoms. The molecule has 76 valence electrons. The average molecular weight is 206 g/mol. The van der Waals surface area contributed by atoms with Gasteiger partial charge in [-0.2, -0.15) is 0 Å². The van der Waals surface area contributed by atoms with Crippen LogP contribution in [0, 0.1) is 0 Å². The fourth-order valence-corrected chi connectivity index (χ4v) is 0.514. The highest BCUT2D eigenvalue weighted by molar-refractivity contribution is 7.46. The maximum absolute atomic E-state index is 10.1. The van der Waals surface area contributed by atoms with E-state index in [0.29, 0.717) is 0 Å². The number of hydrogen-bond acceptors (Lipinski definition) is 4. The predicted octanol–water partition coefficient (Wildman–Crippen LogP) is -2.99. The van der Waals surface area contributed by atoms with Crippen LogP contribution in [0.1, 0.15) is 0 Å². The van der Waals surface area contributed by atoms with Crippen molar-refractivity contribution in [3.8, 4) is 0 Å². The molecule has 0 spiro atoms. The minimum atomic E-state index is -4.56. The van der Waals surface area contributed by atoms with Gasteiger partial charge >= 0.3 is 7.82 Å². The number of aliphatic hydroxyl groups is 1. The summed E-state index contributed by atoms with van der Waals surface area (Å²) in [5.74, 6) is -0.775. The number of Topliss-reactive ketones (excluding diaryl/α,β-unsaturated/α-hetero) is 1. The Balaban J connectivity index is -0.000000405. The Labute approximate surface area is 67.6 Å². The molecule has 7 N–H and O–H groups in total. The van der Waals surface area contributed by atoms with Gasteiger partial charge < -0.3 is 25.8 Å². The Hall–Kier alpha value is -0.340. The second-order valence-corrected chi connectivity index (χ2v) is 2.70. The van der Waals surface area contributed by atoms with Gasteiger partial charge in [0.05, 0.1) is 0 Å². The van der Waals surface area contributed by atoms with Gasteiger partial charge in [0.25, 0.3) is 0 Å². The molecule has 0 saturated carbocycles. The molecule has 0 rings (SSSR count). The van der Waals surface area contributed by atoms with Crippen LogP contribution in [-0.4, -0.2) is 44.8 Å². The largest absolute Gasteiger partial charge is 0.470 e. The zero-order chi connectivity index (χ0) is 8.20. The molecule has 0 aromatic heterocycles. The number of hydrogen-bond donors (Lipinski definition) is 3. The summed E-state index contributed by atoms with van der Waals surface area (Å²) < 4.78 is 13.6. The number of carbonyl (C=O) groups excluding carboxylic acids is 1. The molecule has 0 aliphatic rings. The van der Waals surface area contributed by atoms with Gasteiger partial charge in [0.1, 0.15) is 13.2 Å². The van der Waals surface area contributed by atoms with E-state index < -0.39 is 26.8 Å². The second kappa shape index (κ2) is 7.32. The van der Waals surface area contributed by atoms with Gasteiger partial charge in [-0.1, -0.05) is 0 Å². The van der Waals surface area contributed by atoms with Crippen LogP contribution in [0.2, 0.25) is 0 Å². The fourth-order valence-electron chi connectivity index (χ4n) is 0.202. The molecule has 0 fully saturated rings. The first kappa shape index (κ1) is 17.7. The van der Waals surface area contributed by atoms with Gasteiger partial charge in [-0.15, -0.1) is 0 Å². The van der Waals surface area contributed by atoms with Crippen molar-refractivity contribution < 1.29 is 39.7 Å². The molecule has 0 heterocycles. The Morgan fingerprint density at radius 2 is 1.75 bits per heavy atom. The van der Waals surface area contributed by atoms with Crippen LogP contribution < -0.4 is 0 Å². The molecule has 0 amide bonds. The first-order chi connectivity index (χ1) is 4.45. The highest BCUT2D eigenvalue weighted by atomic mass is 31.2. The third-order valence-electron chi connectivity index (χ3n) is 0.570. The van der Waals surface area contributed by atoms with E-state index in [4.69, 9.17) is 14.9 Å². The summed E-state index contributed by atoms with van der Waals surface area (Å²) in [5.41, 5.74) is 0. The predicted molar refractivity (Wildman–Crippen MR) is 37.3 cm³/mol. The lowest BCUT2D eigenvalue weighted by molar-refractivity contribution is -0.124. The van der Waals surface area contributed by atoms with Crippen molar-refractivity contribution >= 4 is 13.6 Å². The minimum absolute atomic E-state index is 0. The zero-order valence-corrected chi connectivity index (χ0v) is 6.82. The van der Waals surface area contributed by atoms with Crippen molar-refractivity contribution in [1.29, 1.82) is 0 Å².